The highest BCUT2D eigenvalue weighted by Crippen LogP contribution is 2.24. The van der Waals surface area contributed by atoms with Gasteiger partial charge in [0.1, 0.15) is 17.3 Å². The molecule has 2 aromatic rings. The average Bonchev–Trinajstić information content (AvgIpc) is 2.68. The lowest BCUT2D eigenvalue weighted by molar-refractivity contribution is 0.390. The SMILES string of the molecule is CN=C(NCCNc1ncc(Cl)cc1Cl)NCc1ccc(OC)cc1OC. The molecule has 0 amide bonds. The third-order valence-electron chi connectivity index (χ3n) is 3.68. The summed E-state index contributed by atoms with van der Waals surface area (Å²) in [6, 6.07) is 7.34. The van der Waals surface area contributed by atoms with Crippen molar-refractivity contribution < 1.29 is 9.47 Å². The Hall–Kier alpha value is -2.38. The maximum Gasteiger partial charge on any atom is 0.191 e. The van der Waals surface area contributed by atoms with Gasteiger partial charge in [0.05, 0.1) is 24.3 Å². The molecule has 0 aliphatic heterocycles. The summed E-state index contributed by atoms with van der Waals surface area (Å²) < 4.78 is 10.6. The smallest absolute Gasteiger partial charge is 0.191 e. The Kier molecular flexibility index (Phi) is 8.29. The fourth-order valence-electron chi connectivity index (χ4n) is 2.30. The average molecular weight is 412 g/mol. The lowest BCUT2D eigenvalue weighted by Crippen LogP contribution is -2.39. The van der Waals surface area contributed by atoms with Gasteiger partial charge in [0.15, 0.2) is 5.96 Å². The van der Waals surface area contributed by atoms with Gasteiger partial charge in [0.2, 0.25) is 0 Å². The zero-order valence-electron chi connectivity index (χ0n) is 15.5. The highest BCUT2D eigenvalue weighted by atomic mass is 35.5. The molecule has 0 fully saturated rings. The first-order valence-electron chi connectivity index (χ1n) is 8.27. The predicted molar refractivity (Wildman–Crippen MR) is 110 cm³/mol. The Balaban J connectivity index is 1.81. The van der Waals surface area contributed by atoms with Gasteiger partial charge in [-0.15, -0.1) is 0 Å². The molecule has 0 unspecified atom stereocenters. The molecule has 9 heteroatoms. The minimum atomic E-state index is 0.483. The zero-order chi connectivity index (χ0) is 19.6. The van der Waals surface area contributed by atoms with E-state index in [1.165, 1.54) is 0 Å². The van der Waals surface area contributed by atoms with E-state index in [1.54, 1.807) is 33.5 Å². The van der Waals surface area contributed by atoms with Crippen LogP contribution < -0.4 is 25.4 Å². The molecule has 0 atom stereocenters. The number of nitrogens with zero attached hydrogens (tertiary/aromatic N) is 2. The van der Waals surface area contributed by atoms with Crippen LogP contribution in [0, 0.1) is 0 Å². The fourth-order valence-corrected chi connectivity index (χ4v) is 2.75. The number of aliphatic imine (C=N–C) groups is 1. The Morgan fingerprint density at radius 3 is 2.59 bits per heavy atom. The Bertz CT molecular complexity index is 786. The number of hydrogen-bond acceptors (Lipinski definition) is 5. The molecular weight excluding hydrogens is 389 g/mol. The number of nitrogens with one attached hydrogen (secondary N) is 3. The van der Waals surface area contributed by atoms with E-state index >= 15 is 0 Å². The van der Waals surface area contributed by atoms with Gasteiger partial charge in [-0.25, -0.2) is 4.98 Å². The van der Waals surface area contributed by atoms with Gasteiger partial charge in [-0.3, -0.25) is 4.99 Å². The fraction of sp³-hybridized carbons (Fsp3) is 0.333. The second-order valence-corrected chi connectivity index (χ2v) is 6.28. The minimum absolute atomic E-state index is 0.483. The Morgan fingerprint density at radius 1 is 1.11 bits per heavy atom. The third-order valence-corrected chi connectivity index (χ3v) is 4.18. The Labute approximate surface area is 169 Å². The van der Waals surface area contributed by atoms with Gasteiger partial charge in [-0.05, 0) is 18.2 Å². The van der Waals surface area contributed by atoms with Crippen molar-refractivity contribution in [3.63, 3.8) is 0 Å². The largest absolute Gasteiger partial charge is 0.497 e. The van der Waals surface area contributed by atoms with E-state index in [1.807, 2.05) is 18.2 Å². The van der Waals surface area contributed by atoms with Crippen LogP contribution in [0.5, 0.6) is 11.5 Å². The number of pyridine rings is 1. The summed E-state index contributed by atoms with van der Waals surface area (Å²) in [5.41, 5.74) is 0.997. The van der Waals surface area contributed by atoms with E-state index < -0.39 is 0 Å². The summed E-state index contributed by atoms with van der Waals surface area (Å²) in [5, 5.41) is 10.6. The first kappa shape index (κ1) is 20.9. The number of rotatable bonds is 8. The van der Waals surface area contributed by atoms with Crippen LogP contribution in [0.25, 0.3) is 0 Å². The standard InChI is InChI=1S/C18H23Cl2N5O2/c1-21-18(23-7-6-22-17-15(20)8-13(19)11-24-17)25-10-12-4-5-14(26-2)9-16(12)27-3/h4-5,8-9,11H,6-7,10H2,1-3H3,(H,22,24)(H2,21,23,25). The van der Waals surface area contributed by atoms with E-state index in [4.69, 9.17) is 32.7 Å². The summed E-state index contributed by atoms with van der Waals surface area (Å²) in [5.74, 6) is 2.76. The number of hydrogen-bond donors (Lipinski definition) is 3. The molecule has 1 heterocycles. The summed E-state index contributed by atoms with van der Waals surface area (Å²) in [6.45, 7) is 1.80. The van der Waals surface area contributed by atoms with E-state index in [0.29, 0.717) is 41.5 Å². The predicted octanol–water partition coefficient (Wildman–Crippen LogP) is 3.18. The first-order valence-corrected chi connectivity index (χ1v) is 9.03. The van der Waals surface area contributed by atoms with Crippen LogP contribution in [0.15, 0.2) is 35.5 Å². The molecule has 0 aliphatic rings. The molecule has 0 spiro atoms. The van der Waals surface area contributed by atoms with Crippen molar-refractivity contribution >= 4 is 35.0 Å². The molecule has 2 rings (SSSR count). The topological polar surface area (TPSA) is 79.8 Å². The number of aromatic nitrogens is 1. The molecule has 0 bridgehead atoms. The summed E-state index contributed by atoms with van der Waals surface area (Å²) >= 11 is 11.9. The van der Waals surface area contributed by atoms with Crippen molar-refractivity contribution in [3.05, 3.63) is 46.1 Å². The van der Waals surface area contributed by atoms with Crippen LogP contribution in [-0.2, 0) is 6.54 Å². The number of methoxy groups -OCH3 is 2. The van der Waals surface area contributed by atoms with Gasteiger partial charge in [-0.1, -0.05) is 23.2 Å². The van der Waals surface area contributed by atoms with Crippen molar-refractivity contribution in [2.24, 2.45) is 4.99 Å². The van der Waals surface area contributed by atoms with Gasteiger partial charge in [0, 0.05) is 44.5 Å². The van der Waals surface area contributed by atoms with Crippen LogP contribution in [0.2, 0.25) is 10.0 Å². The highest BCUT2D eigenvalue weighted by molar-refractivity contribution is 6.35. The van der Waals surface area contributed by atoms with Crippen LogP contribution >= 0.6 is 23.2 Å². The highest BCUT2D eigenvalue weighted by Gasteiger charge is 2.06. The van der Waals surface area contributed by atoms with Crippen LogP contribution in [-0.4, -0.2) is 45.3 Å². The lowest BCUT2D eigenvalue weighted by Gasteiger charge is -2.15. The minimum Gasteiger partial charge on any atom is -0.497 e. The maximum atomic E-state index is 6.08. The van der Waals surface area contributed by atoms with Crippen molar-refractivity contribution in [2.75, 3.05) is 39.7 Å². The molecule has 0 saturated carbocycles. The van der Waals surface area contributed by atoms with Gasteiger partial charge >= 0.3 is 0 Å². The number of benzene rings is 1. The molecular formula is C18H23Cl2N5O2. The second kappa shape index (κ2) is 10.7. The number of halogens is 2. The molecule has 146 valence electrons. The number of guanidine groups is 1. The zero-order valence-corrected chi connectivity index (χ0v) is 17.0. The molecule has 7 nitrogen and oxygen atoms in total. The summed E-state index contributed by atoms with van der Waals surface area (Å²) in [4.78, 5) is 8.36. The van der Waals surface area contributed by atoms with Crippen molar-refractivity contribution in [1.82, 2.24) is 15.6 Å². The summed E-state index contributed by atoms with van der Waals surface area (Å²) in [7, 11) is 4.97. The molecule has 3 N–H and O–H groups in total. The van der Waals surface area contributed by atoms with Crippen LogP contribution in [0.4, 0.5) is 5.82 Å². The quantitative estimate of drug-likeness (QED) is 0.351. The monoisotopic (exact) mass is 411 g/mol. The van der Waals surface area contributed by atoms with Crippen molar-refractivity contribution in [1.29, 1.82) is 0 Å². The maximum absolute atomic E-state index is 6.08. The lowest BCUT2D eigenvalue weighted by atomic mass is 10.2. The third kappa shape index (κ3) is 6.37. The van der Waals surface area contributed by atoms with E-state index in [2.05, 4.69) is 25.9 Å². The summed E-state index contributed by atoms with van der Waals surface area (Å²) in [6.07, 6.45) is 1.55. The van der Waals surface area contributed by atoms with Gasteiger partial charge < -0.3 is 25.4 Å². The van der Waals surface area contributed by atoms with Crippen LogP contribution in [0.3, 0.4) is 0 Å². The van der Waals surface area contributed by atoms with Gasteiger partial charge in [-0.2, -0.15) is 0 Å². The number of anilines is 1. The van der Waals surface area contributed by atoms with Crippen LogP contribution in [0.1, 0.15) is 5.56 Å². The van der Waals surface area contributed by atoms with E-state index in [-0.39, 0.29) is 0 Å². The van der Waals surface area contributed by atoms with Crippen molar-refractivity contribution in [3.8, 4) is 11.5 Å². The Morgan fingerprint density at radius 2 is 1.93 bits per heavy atom. The van der Waals surface area contributed by atoms with E-state index in [0.717, 1.165) is 17.1 Å². The molecule has 0 radical (unpaired) electrons. The molecule has 0 saturated heterocycles. The molecule has 0 aliphatic carbocycles. The second-order valence-electron chi connectivity index (χ2n) is 5.44. The van der Waals surface area contributed by atoms with Crippen molar-refractivity contribution in [2.45, 2.75) is 6.54 Å². The number of ether oxygens (including phenoxy) is 2. The molecule has 1 aromatic carbocycles. The normalized spacial score (nSPS) is 11.1. The van der Waals surface area contributed by atoms with E-state index in [9.17, 15) is 0 Å². The molecule has 27 heavy (non-hydrogen) atoms. The van der Waals surface area contributed by atoms with Gasteiger partial charge in [0.25, 0.3) is 0 Å². The molecule has 1 aromatic heterocycles. The first-order chi connectivity index (χ1) is 13.1.